The van der Waals surface area contributed by atoms with Crippen LogP contribution < -0.4 is 10.1 Å². The quantitative estimate of drug-likeness (QED) is 0.838. The minimum absolute atomic E-state index is 0. The average molecular weight is 244 g/mol. The fourth-order valence-electron chi connectivity index (χ4n) is 2.17. The molecule has 1 heterocycles. The van der Waals surface area contributed by atoms with Crippen LogP contribution in [-0.2, 0) is 0 Å². The van der Waals surface area contributed by atoms with Crippen molar-refractivity contribution < 1.29 is 9.84 Å². The molecule has 0 spiro atoms. The standard InChI is InChI=1S/C12H17NO2.ClH/c1-15-12-8-10(14)2-3-11(12)9-4-6-13-7-5-9;/h2-3,8-9,13-14H,4-7H2,1H3;1H. The molecule has 90 valence electrons. The zero-order valence-corrected chi connectivity index (χ0v) is 10.2. The predicted molar refractivity (Wildman–Crippen MR) is 66.8 cm³/mol. The summed E-state index contributed by atoms with van der Waals surface area (Å²) in [5, 5.41) is 12.7. The SMILES string of the molecule is COc1cc(O)ccc1C1CCNCC1.Cl. The lowest BCUT2D eigenvalue weighted by molar-refractivity contribution is 0.386. The third-order valence-electron chi connectivity index (χ3n) is 3.00. The fourth-order valence-corrected chi connectivity index (χ4v) is 2.17. The van der Waals surface area contributed by atoms with E-state index in [4.69, 9.17) is 4.74 Å². The predicted octanol–water partition coefficient (Wildman–Crippen LogP) is 2.29. The van der Waals surface area contributed by atoms with E-state index < -0.39 is 0 Å². The second kappa shape index (κ2) is 5.97. The van der Waals surface area contributed by atoms with Gasteiger partial charge in [-0.2, -0.15) is 0 Å². The maximum absolute atomic E-state index is 9.37. The van der Waals surface area contributed by atoms with Gasteiger partial charge in [-0.1, -0.05) is 6.07 Å². The van der Waals surface area contributed by atoms with Crippen molar-refractivity contribution >= 4 is 12.4 Å². The van der Waals surface area contributed by atoms with Gasteiger partial charge in [-0.3, -0.25) is 0 Å². The van der Waals surface area contributed by atoms with E-state index in [2.05, 4.69) is 5.32 Å². The smallest absolute Gasteiger partial charge is 0.126 e. The van der Waals surface area contributed by atoms with E-state index in [0.29, 0.717) is 5.92 Å². The summed E-state index contributed by atoms with van der Waals surface area (Å²) in [7, 11) is 1.65. The van der Waals surface area contributed by atoms with Gasteiger partial charge in [0.05, 0.1) is 7.11 Å². The number of halogens is 1. The van der Waals surface area contributed by atoms with E-state index in [9.17, 15) is 5.11 Å². The van der Waals surface area contributed by atoms with E-state index >= 15 is 0 Å². The number of nitrogens with one attached hydrogen (secondary N) is 1. The molecule has 3 nitrogen and oxygen atoms in total. The highest BCUT2D eigenvalue weighted by molar-refractivity contribution is 5.85. The van der Waals surface area contributed by atoms with Crippen LogP contribution in [0.25, 0.3) is 0 Å². The van der Waals surface area contributed by atoms with Crippen molar-refractivity contribution in [2.75, 3.05) is 20.2 Å². The summed E-state index contributed by atoms with van der Waals surface area (Å²) in [5.41, 5.74) is 1.22. The lowest BCUT2D eigenvalue weighted by Gasteiger charge is -2.24. The molecule has 2 N–H and O–H groups in total. The van der Waals surface area contributed by atoms with Crippen molar-refractivity contribution in [3.05, 3.63) is 23.8 Å². The first-order chi connectivity index (χ1) is 7.31. The molecule has 0 radical (unpaired) electrons. The Kier molecular flexibility index (Phi) is 4.90. The number of benzene rings is 1. The fraction of sp³-hybridized carbons (Fsp3) is 0.500. The summed E-state index contributed by atoms with van der Waals surface area (Å²) >= 11 is 0. The molecule has 16 heavy (non-hydrogen) atoms. The first kappa shape index (κ1) is 13.1. The number of hydrogen-bond donors (Lipinski definition) is 2. The van der Waals surface area contributed by atoms with Gasteiger partial charge in [0.15, 0.2) is 0 Å². The third-order valence-corrected chi connectivity index (χ3v) is 3.00. The highest BCUT2D eigenvalue weighted by atomic mass is 35.5. The number of rotatable bonds is 2. The van der Waals surface area contributed by atoms with E-state index in [0.717, 1.165) is 31.7 Å². The Balaban J connectivity index is 0.00000128. The molecule has 0 atom stereocenters. The van der Waals surface area contributed by atoms with Crippen LogP contribution in [0.3, 0.4) is 0 Å². The number of hydrogen-bond acceptors (Lipinski definition) is 3. The Morgan fingerprint density at radius 1 is 1.31 bits per heavy atom. The highest BCUT2D eigenvalue weighted by Crippen LogP contribution is 2.34. The summed E-state index contributed by atoms with van der Waals surface area (Å²) in [4.78, 5) is 0. The number of phenolic OH excluding ortho intramolecular Hbond substituents is 1. The molecule has 1 aromatic rings. The zero-order chi connectivity index (χ0) is 10.7. The molecule has 4 heteroatoms. The summed E-state index contributed by atoms with van der Waals surface area (Å²) in [6.45, 7) is 2.13. The minimum atomic E-state index is 0. The molecule has 1 aliphatic heterocycles. The first-order valence-electron chi connectivity index (χ1n) is 5.39. The van der Waals surface area contributed by atoms with Gasteiger partial charge in [-0.05, 0) is 43.5 Å². The normalized spacial score (nSPS) is 16.6. The highest BCUT2D eigenvalue weighted by Gasteiger charge is 2.18. The van der Waals surface area contributed by atoms with Crippen molar-refractivity contribution in [3.63, 3.8) is 0 Å². The minimum Gasteiger partial charge on any atom is -0.508 e. The summed E-state index contributed by atoms with van der Waals surface area (Å²) in [5.74, 6) is 1.63. The van der Waals surface area contributed by atoms with Crippen LogP contribution in [0.4, 0.5) is 0 Å². The number of aromatic hydroxyl groups is 1. The van der Waals surface area contributed by atoms with Crippen LogP contribution in [0.15, 0.2) is 18.2 Å². The Morgan fingerprint density at radius 2 is 2.00 bits per heavy atom. The van der Waals surface area contributed by atoms with Gasteiger partial charge >= 0.3 is 0 Å². The van der Waals surface area contributed by atoms with Gasteiger partial charge in [-0.25, -0.2) is 0 Å². The summed E-state index contributed by atoms with van der Waals surface area (Å²) in [6, 6.07) is 5.40. The van der Waals surface area contributed by atoms with Gasteiger partial charge in [-0.15, -0.1) is 12.4 Å². The molecule has 1 aliphatic rings. The first-order valence-corrected chi connectivity index (χ1v) is 5.39. The Bertz CT molecular complexity index is 338. The topological polar surface area (TPSA) is 41.5 Å². The van der Waals surface area contributed by atoms with Gasteiger partial charge in [0.2, 0.25) is 0 Å². The Hall–Kier alpha value is -0.930. The van der Waals surface area contributed by atoms with Crippen molar-refractivity contribution in [1.82, 2.24) is 5.32 Å². The third kappa shape index (κ3) is 2.80. The van der Waals surface area contributed by atoms with Gasteiger partial charge in [0.25, 0.3) is 0 Å². The number of piperidine rings is 1. The van der Waals surface area contributed by atoms with E-state index in [1.54, 1.807) is 19.2 Å². The van der Waals surface area contributed by atoms with E-state index in [1.807, 2.05) is 6.07 Å². The van der Waals surface area contributed by atoms with E-state index in [-0.39, 0.29) is 18.2 Å². The van der Waals surface area contributed by atoms with E-state index in [1.165, 1.54) is 5.56 Å². The maximum Gasteiger partial charge on any atom is 0.126 e. The van der Waals surface area contributed by atoms with Crippen LogP contribution in [0.1, 0.15) is 24.3 Å². The Labute approximate surface area is 102 Å². The van der Waals surface area contributed by atoms with Crippen LogP contribution in [-0.4, -0.2) is 25.3 Å². The van der Waals surface area contributed by atoms with Crippen molar-refractivity contribution in [2.24, 2.45) is 0 Å². The lowest BCUT2D eigenvalue weighted by atomic mass is 9.89. The zero-order valence-electron chi connectivity index (χ0n) is 9.40. The Morgan fingerprint density at radius 3 is 2.62 bits per heavy atom. The van der Waals surface area contributed by atoms with Crippen LogP contribution in [0.2, 0.25) is 0 Å². The molecule has 0 aliphatic carbocycles. The molecule has 0 aromatic heterocycles. The monoisotopic (exact) mass is 243 g/mol. The molecular formula is C12H18ClNO2. The van der Waals surface area contributed by atoms with Gasteiger partial charge in [0.1, 0.15) is 11.5 Å². The molecular weight excluding hydrogens is 226 g/mol. The number of methoxy groups -OCH3 is 1. The lowest BCUT2D eigenvalue weighted by Crippen LogP contribution is -2.26. The molecule has 0 bridgehead atoms. The van der Waals surface area contributed by atoms with Gasteiger partial charge < -0.3 is 15.2 Å². The van der Waals surface area contributed by atoms with Crippen LogP contribution in [0.5, 0.6) is 11.5 Å². The van der Waals surface area contributed by atoms with Gasteiger partial charge in [0, 0.05) is 6.07 Å². The van der Waals surface area contributed by atoms with Crippen LogP contribution in [0, 0.1) is 0 Å². The number of ether oxygens (including phenoxy) is 1. The van der Waals surface area contributed by atoms with Crippen molar-refractivity contribution in [3.8, 4) is 11.5 Å². The molecule has 1 fully saturated rings. The summed E-state index contributed by atoms with van der Waals surface area (Å²) < 4.78 is 5.30. The second-order valence-electron chi connectivity index (χ2n) is 3.95. The largest absolute Gasteiger partial charge is 0.508 e. The van der Waals surface area contributed by atoms with Crippen molar-refractivity contribution in [2.45, 2.75) is 18.8 Å². The molecule has 2 rings (SSSR count). The molecule has 1 aromatic carbocycles. The van der Waals surface area contributed by atoms with Crippen LogP contribution >= 0.6 is 12.4 Å². The second-order valence-corrected chi connectivity index (χ2v) is 3.95. The molecule has 0 saturated carbocycles. The molecule has 1 saturated heterocycles. The summed E-state index contributed by atoms with van der Waals surface area (Å²) in [6.07, 6.45) is 2.28. The molecule has 0 amide bonds. The van der Waals surface area contributed by atoms with Crippen molar-refractivity contribution in [1.29, 1.82) is 0 Å². The average Bonchev–Trinajstić information content (AvgIpc) is 2.30. The maximum atomic E-state index is 9.37. The molecule has 0 unspecified atom stereocenters. The number of phenols is 1.